The van der Waals surface area contributed by atoms with Gasteiger partial charge in [0.1, 0.15) is 12.1 Å². The molecule has 4 atom stereocenters. The molecule has 28 heavy (non-hydrogen) atoms. The summed E-state index contributed by atoms with van der Waals surface area (Å²) < 4.78 is 0. The third-order valence-corrected chi connectivity index (χ3v) is 4.08. The second-order valence-electron chi connectivity index (χ2n) is 6.90. The summed E-state index contributed by atoms with van der Waals surface area (Å²) in [5, 5.41) is 25.9. The summed E-state index contributed by atoms with van der Waals surface area (Å²) in [6.45, 7) is 4.79. The normalized spacial score (nSPS) is 15.2. The molecule has 0 bridgehead atoms. The van der Waals surface area contributed by atoms with E-state index in [0.717, 1.165) is 0 Å². The van der Waals surface area contributed by atoms with Gasteiger partial charge in [0, 0.05) is 0 Å². The van der Waals surface area contributed by atoms with Crippen LogP contribution in [-0.4, -0.2) is 71.2 Å². The van der Waals surface area contributed by atoms with Gasteiger partial charge in [-0.3, -0.25) is 14.4 Å². The molecule has 0 saturated carbocycles. The minimum Gasteiger partial charge on any atom is -0.480 e. The first kappa shape index (κ1) is 25.8. The number of carboxylic acids is 1. The molecule has 0 spiro atoms. The summed E-state index contributed by atoms with van der Waals surface area (Å²) in [6.07, 6.45) is 0.0176. The highest BCUT2D eigenvalue weighted by Gasteiger charge is 2.31. The third kappa shape index (κ3) is 9.11. The van der Waals surface area contributed by atoms with Crippen molar-refractivity contribution in [1.29, 1.82) is 0 Å². The molecule has 0 aromatic rings. The number of carbonyl (C=O) groups excluding carboxylic acids is 3. The Kier molecular flexibility index (Phi) is 12.0. The quantitative estimate of drug-likeness (QED) is 0.166. The summed E-state index contributed by atoms with van der Waals surface area (Å²) in [6, 6.07) is -3.47. The van der Waals surface area contributed by atoms with Gasteiger partial charge in [0.05, 0.1) is 12.6 Å². The molecule has 0 aliphatic heterocycles. The third-order valence-electron chi connectivity index (χ3n) is 4.08. The van der Waals surface area contributed by atoms with E-state index in [1.807, 2.05) is 0 Å². The lowest BCUT2D eigenvalue weighted by atomic mass is 10.0. The van der Waals surface area contributed by atoms with Gasteiger partial charge in [0.25, 0.3) is 0 Å². The van der Waals surface area contributed by atoms with Crippen LogP contribution in [0.25, 0.3) is 0 Å². The minimum atomic E-state index is -1.51. The van der Waals surface area contributed by atoms with Crippen molar-refractivity contribution in [3.8, 4) is 0 Å². The van der Waals surface area contributed by atoms with Crippen LogP contribution >= 0.6 is 0 Å². The number of hydrogen-bond acceptors (Lipinski definition) is 7. The fourth-order valence-corrected chi connectivity index (χ4v) is 2.43. The second-order valence-corrected chi connectivity index (χ2v) is 6.90. The summed E-state index contributed by atoms with van der Waals surface area (Å²) in [5.74, 6) is -3.52. The maximum atomic E-state index is 12.6. The number of hydrogen-bond donors (Lipinski definition) is 7. The lowest BCUT2D eigenvalue weighted by molar-refractivity contribution is -0.145. The molecule has 11 nitrogen and oxygen atoms in total. The van der Waals surface area contributed by atoms with Crippen LogP contribution in [0, 0.1) is 5.92 Å². The molecule has 0 radical (unpaired) electrons. The average molecular weight is 403 g/mol. The van der Waals surface area contributed by atoms with Crippen LogP contribution in [0.15, 0.2) is 0 Å². The lowest BCUT2D eigenvalue weighted by Gasteiger charge is -2.26. The minimum absolute atomic E-state index is 0.219. The van der Waals surface area contributed by atoms with E-state index in [4.69, 9.17) is 16.6 Å². The van der Waals surface area contributed by atoms with Gasteiger partial charge >= 0.3 is 5.97 Å². The van der Waals surface area contributed by atoms with E-state index >= 15 is 0 Å². The first-order valence-corrected chi connectivity index (χ1v) is 9.26. The predicted molar refractivity (Wildman–Crippen MR) is 102 cm³/mol. The van der Waals surface area contributed by atoms with Crippen LogP contribution in [0.3, 0.4) is 0 Å². The summed E-state index contributed by atoms with van der Waals surface area (Å²) in [7, 11) is 0. The number of carboxylic acid groups (broad SMARTS) is 1. The molecule has 0 aliphatic carbocycles. The van der Waals surface area contributed by atoms with Crippen molar-refractivity contribution < 1.29 is 29.4 Å². The first-order chi connectivity index (χ1) is 13.0. The molecular weight excluding hydrogens is 370 g/mol. The topological polar surface area (TPSA) is 197 Å². The second kappa shape index (κ2) is 13.0. The largest absolute Gasteiger partial charge is 0.480 e. The number of nitrogens with two attached hydrogens (primary N) is 2. The zero-order chi connectivity index (χ0) is 21.9. The van der Waals surface area contributed by atoms with Crippen molar-refractivity contribution in [3.05, 3.63) is 0 Å². The van der Waals surface area contributed by atoms with Gasteiger partial charge in [-0.25, -0.2) is 4.79 Å². The van der Waals surface area contributed by atoms with Crippen LogP contribution in [0.2, 0.25) is 0 Å². The standard InChI is InChI=1S/C17H33N5O6/c1-9(2)13(21-12(24)8-19)16(26)20-11(6-4-5-7-18)15(25)22-14(10(3)23)17(27)28/h9-11,13-14,23H,4-8,18-19H2,1-3H3,(H,20,26)(H,21,24)(H,22,25)(H,27,28). The molecule has 4 unspecified atom stereocenters. The monoisotopic (exact) mass is 403 g/mol. The molecular formula is C17H33N5O6. The Morgan fingerprint density at radius 1 is 0.893 bits per heavy atom. The highest BCUT2D eigenvalue weighted by molar-refractivity contribution is 5.93. The van der Waals surface area contributed by atoms with Gasteiger partial charge in [0.15, 0.2) is 6.04 Å². The van der Waals surface area contributed by atoms with Crippen LogP contribution in [0.5, 0.6) is 0 Å². The molecule has 0 rings (SSSR count). The first-order valence-electron chi connectivity index (χ1n) is 9.26. The number of aliphatic carboxylic acids is 1. The van der Waals surface area contributed by atoms with Crippen molar-refractivity contribution >= 4 is 23.7 Å². The van der Waals surface area contributed by atoms with E-state index in [2.05, 4.69) is 16.0 Å². The van der Waals surface area contributed by atoms with E-state index < -0.39 is 47.9 Å². The van der Waals surface area contributed by atoms with Crippen molar-refractivity contribution in [1.82, 2.24) is 16.0 Å². The van der Waals surface area contributed by atoms with Gasteiger partial charge in [-0.15, -0.1) is 0 Å². The van der Waals surface area contributed by atoms with Gasteiger partial charge < -0.3 is 37.6 Å². The van der Waals surface area contributed by atoms with Gasteiger partial charge in [-0.05, 0) is 38.6 Å². The smallest absolute Gasteiger partial charge is 0.328 e. The Bertz CT molecular complexity index is 540. The Morgan fingerprint density at radius 2 is 1.50 bits per heavy atom. The molecule has 0 aliphatic rings. The van der Waals surface area contributed by atoms with E-state index in [-0.39, 0.29) is 18.9 Å². The van der Waals surface area contributed by atoms with Crippen molar-refractivity contribution in [2.75, 3.05) is 13.1 Å². The summed E-state index contributed by atoms with van der Waals surface area (Å²) >= 11 is 0. The highest BCUT2D eigenvalue weighted by Crippen LogP contribution is 2.07. The van der Waals surface area contributed by atoms with Crippen LogP contribution in [-0.2, 0) is 19.2 Å². The Balaban J connectivity index is 5.30. The zero-order valence-corrected chi connectivity index (χ0v) is 16.6. The number of unbranched alkanes of at least 4 members (excludes halogenated alkanes) is 1. The fraction of sp³-hybridized carbons (Fsp3) is 0.765. The summed E-state index contributed by atoms with van der Waals surface area (Å²) in [5.41, 5.74) is 10.7. The van der Waals surface area contributed by atoms with E-state index in [1.54, 1.807) is 13.8 Å². The van der Waals surface area contributed by atoms with Crippen LogP contribution in [0.1, 0.15) is 40.0 Å². The maximum Gasteiger partial charge on any atom is 0.328 e. The number of rotatable bonds is 13. The van der Waals surface area contributed by atoms with Gasteiger partial charge in [-0.2, -0.15) is 0 Å². The van der Waals surface area contributed by atoms with Crippen LogP contribution in [0.4, 0.5) is 0 Å². The Labute approximate surface area is 164 Å². The number of aliphatic hydroxyl groups is 1. The molecule has 11 heteroatoms. The molecule has 9 N–H and O–H groups in total. The van der Waals surface area contributed by atoms with E-state index in [9.17, 15) is 24.3 Å². The predicted octanol–water partition coefficient (Wildman–Crippen LogP) is -2.35. The number of amides is 3. The van der Waals surface area contributed by atoms with E-state index in [0.29, 0.717) is 19.4 Å². The number of aliphatic hydroxyl groups excluding tert-OH is 1. The van der Waals surface area contributed by atoms with Crippen molar-refractivity contribution in [2.45, 2.75) is 64.3 Å². The molecule has 3 amide bonds. The molecule has 0 fully saturated rings. The average Bonchev–Trinajstić information content (AvgIpc) is 2.61. The molecule has 0 heterocycles. The summed E-state index contributed by atoms with van der Waals surface area (Å²) in [4.78, 5) is 47.9. The van der Waals surface area contributed by atoms with Gasteiger partial charge in [-0.1, -0.05) is 13.8 Å². The Morgan fingerprint density at radius 3 is 1.93 bits per heavy atom. The molecule has 0 aromatic carbocycles. The zero-order valence-electron chi connectivity index (χ0n) is 16.6. The van der Waals surface area contributed by atoms with Gasteiger partial charge in [0.2, 0.25) is 17.7 Å². The molecule has 162 valence electrons. The highest BCUT2D eigenvalue weighted by atomic mass is 16.4. The van der Waals surface area contributed by atoms with Crippen molar-refractivity contribution in [3.63, 3.8) is 0 Å². The maximum absolute atomic E-state index is 12.6. The van der Waals surface area contributed by atoms with Crippen LogP contribution < -0.4 is 27.4 Å². The fourth-order valence-electron chi connectivity index (χ4n) is 2.43. The lowest BCUT2D eigenvalue weighted by Crippen LogP contribution is -2.58. The Hall–Kier alpha value is -2.24. The molecule has 0 aromatic heterocycles. The molecule has 0 saturated heterocycles. The van der Waals surface area contributed by atoms with E-state index in [1.165, 1.54) is 6.92 Å². The number of carbonyl (C=O) groups is 4. The SMILES string of the molecule is CC(C)C(NC(=O)CN)C(=O)NC(CCCCN)C(=O)NC(C(=O)O)C(C)O. The number of nitrogens with one attached hydrogen (secondary N) is 3. The van der Waals surface area contributed by atoms with Crippen molar-refractivity contribution in [2.24, 2.45) is 17.4 Å².